The minimum Gasteiger partial charge on any atom is -0.508 e. The van der Waals surface area contributed by atoms with E-state index in [0.29, 0.717) is 0 Å². The zero-order valence-corrected chi connectivity index (χ0v) is 5.52. The zero-order chi connectivity index (χ0) is 8.69. The summed E-state index contributed by atoms with van der Waals surface area (Å²) in [7, 11) is 0. The van der Waals surface area contributed by atoms with Crippen molar-refractivity contribution >= 4 is 6.47 Å². The Morgan fingerprint density at radius 3 is 2.36 bits per heavy atom. The number of carboxylic acid groups (broad SMARTS) is 1. The average Bonchev–Trinajstić information content (AvgIpc) is 1.88. The van der Waals surface area contributed by atoms with Gasteiger partial charge in [-0.2, -0.15) is 0 Å². The van der Waals surface area contributed by atoms with Gasteiger partial charge in [0.1, 0.15) is 5.75 Å². The third-order valence-corrected chi connectivity index (χ3v) is 0.759. The molecule has 0 spiro atoms. The standard InChI is InChI=1S/C5H5NO2.CH2O2/c7-4-1-2-6-5(8)3-4;2-1-3/h1-3H,(H2,6,7,8);1H,(H,2,3). The Hall–Kier alpha value is -1.78. The number of H-pyrrole nitrogens is 1. The van der Waals surface area contributed by atoms with E-state index in [4.69, 9.17) is 15.0 Å². The number of carbonyl (C=O) groups is 1. The highest BCUT2D eigenvalue weighted by Crippen LogP contribution is 1.97. The van der Waals surface area contributed by atoms with Crippen LogP contribution in [-0.2, 0) is 4.79 Å². The summed E-state index contributed by atoms with van der Waals surface area (Å²) in [5.74, 6) is -0.00579. The van der Waals surface area contributed by atoms with Crippen molar-refractivity contribution in [3.8, 4) is 5.75 Å². The average molecular weight is 157 g/mol. The molecule has 5 heteroatoms. The highest BCUT2D eigenvalue weighted by Gasteiger charge is 1.82. The van der Waals surface area contributed by atoms with Crippen molar-refractivity contribution in [2.24, 2.45) is 0 Å². The summed E-state index contributed by atoms with van der Waals surface area (Å²) in [4.78, 5) is 21.0. The third kappa shape index (κ3) is 4.71. The van der Waals surface area contributed by atoms with Crippen LogP contribution in [0, 0.1) is 0 Å². The molecule has 1 aromatic heterocycles. The molecule has 11 heavy (non-hydrogen) atoms. The highest BCUT2D eigenvalue weighted by molar-refractivity contribution is 5.32. The van der Waals surface area contributed by atoms with E-state index in [1.165, 1.54) is 12.3 Å². The Balaban J connectivity index is 0.000000292. The molecule has 0 radical (unpaired) electrons. The number of hydrogen-bond donors (Lipinski definition) is 3. The first kappa shape index (κ1) is 9.22. The number of pyridine rings is 1. The molecule has 1 aromatic rings. The Labute approximate surface area is 61.9 Å². The molecule has 0 atom stereocenters. The molecule has 1 heterocycles. The molecular formula is C6H7NO4. The van der Waals surface area contributed by atoms with Crippen LogP contribution in [0.2, 0.25) is 0 Å². The monoisotopic (exact) mass is 157 g/mol. The van der Waals surface area contributed by atoms with E-state index in [9.17, 15) is 4.79 Å². The van der Waals surface area contributed by atoms with E-state index < -0.39 is 0 Å². The van der Waals surface area contributed by atoms with Gasteiger partial charge in [0.05, 0.1) is 0 Å². The van der Waals surface area contributed by atoms with Gasteiger partial charge in [-0.1, -0.05) is 0 Å². The summed E-state index contributed by atoms with van der Waals surface area (Å²) in [5, 5.41) is 15.5. The van der Waals surface area contributed by atoms with Crippen molar-refractivity contribution in [3.05, 3.63) is 28.7 Å². The van der Waals surface area contributed by atoms with Crippen LogP contribution < -0.4 is 5.56 Å². The molecule has 60 valence electrons. The van der Waals surface area contributed by atoms with Crippen LogP contribution in [-0.4, -0.2) is 21.7 Å². The van der Waals surface area contributed by atoms with E-state index in [2.05, 4.69) is 4.98 Å². The predicted molar refractivity (Wildman–Crippen MR) is 37.4 cm³/mol. The number of aromatic nitrogens is 1. The van der Waals surface area contributed by atoms with E-state index >= 15 is 0 Å². The SMILES string of the molecule is O=CO.O=c1cc(O)cc[nH]1. The van der Waals surface area contributed by atoms with Crippen LogP contribution in [0.1, 0.15) is 0 Å². The molecule has 0 saturated carbocycles. The number of rotatable bonds is 0. The quantitative estimate of drug-likeness (QED) is 0.454. The zero-order valence-electron chi connectivity index (χ0n) is 5.52. The molecular weight excluding hydrogens is 150 g/mol. The summed E-state index contributed by atoms with van der Waals surface area (Å²) in [6, 6.07) is 2.52. The Morgan fingerprint density at radius 1 is 1.55 bits per heavy atom. The molecule has 0 unspecified atom stereocenters. The lowest BCUT2D eigenvalue weighted by Crippen LogP contribution is -1.99. The number of aromatic amines is 1. The molecule has 0 saturated heterocycles. The normalized spacial score (nSPS) is 7.64. The lowest BCUT2D eigenvalue weighted by Gasteiger charge is -1.83. The van der Waals surface area contributed by atoms with Gasteiger partial charge in [0.15, 0.2) is 0 Å². The fourth-order valence-electron chi connectivity index (χ4n) is 0.433. The van der Waals surface area contributed by atoms with Crippen LogP contribution >= 0.6 is 0 Å². The first-order valence-electron chi connectivity index (χ1n) is 2.66. The predicted octanol–water partition coefficient (Wildman–Crippen LogP) is -0.219. The van der Waals surface area contributed by atoms with Gasteiger partial charge in [0.25, 0.3) is 12.0 Å². The Morgan fingerprint density at radius 2 is 2.09 bits per heavy atom. The summed E-state index contributed by atoms with van der Waals surface area (Å²) in [5.41, 5.74) is -0.287. The second kappa shape index (κ2) is 5.04. The summed E-state index contributed by atoms with van der Waals surface area (Å²) >= 11 is 0. The number of aromatic hydroxyl groups is 1. The van der Waals surface area contributed by atoms with Crippen LogP contribution in [0.5, 0.6) is 5.75 Å². The number of nitrogens with one attached hydrogen (secondary N) is 1. The second-order valence-corrected chi connectivity index (χ2v) is 1.52. The van der Waals surface area contributed by atoms with Crippen molar-refractivity contribution in [2.45, 2.75) is 0 Å². The van der Waals surface area contributed by atoms with Crippen LogP contribution in [0.15, 0.2) is 23.1 Å². The summed E-state index contributed by atoms with van der Waals surface area (Å²) in [6.45, 7) is -0.250. The van der Waals surface area contributed by atoms with Gasteiger partial charge in [-0.15, -0.1) is 0 Å². The highest BCUT2D eigenvalue weighted by atomic mass is 16.3. The smallest absolute Gasteiger partial charge is 0.290 e. The minimum absolute atomic E-state index is 0.00579. The maximum atomic E-state index is 10.3. The molecule has 0 bridgehead atoms. The first-order valence-corrected chi connectivity index (χ1v) is 2.66. The summed E-state index contributed by atoms with van der Waals surface area (Å²) < 4.78 is 0. The van der Waals surface area contributed by atoms with Gasteiger partial charge in [-0.3, -0.25) is 9.59 Å². The topological polar surface area (TPSA) is 90.4 Å². The maximum Gasteiger partial charge on any atom is 0.290 e. The Kier molecular flexibility index (Phi) is 4.22. The van der Waals surface area contributed by atoms with Crippen molar-refractivity contribution in [1.29, 1.82) is 0 Å². The van der Waals surface area contributed by atoms with Crippen LogP contribution in [0.3, 0.4) is 0 Å². The lowest BCUT2D eigenvalue weighted by atomic mass is 10.5. The van der Waals surface area contributed by atoms with Gasteiger partial charge >= 0.3 is 0 Å². The van der Waals surface area contributed by atoms with Crippen molar-refractivity contribution in [2.75, 3.05) is 0 Å². The molecule has 0 amide bonds. The fourth-order valence-corrected chi connectivity index (χ4v) is 0.433. The van der Waals surface area contributed by atoms with Gasteiger partial charge < -0.3 is 15.2 Å². The fraction of sp³-hybridized carbons (Fsp3) is 0. The molecule has 0 aliphatic rings. The van der Waals surface area contributed by atoms with Gasteiger partial charge in [0, 0.05) is 12.3 Å². The molecule has 1 rings (SSSR count). The van der Waals surface area contributed by atoms with Gasteiger partial charge in [-0.25, -0.2) is 0 Å². The van der Waals surface area contributed by atoms with E-state index in [-0.39, 0.29) is 17.8 Å². The molecule has 5 nitrogen and oxygen atoms in total. The molecule has 0 fully saturated rings. The second-order valence-electron chi connectivity index (χ2n) is 1.52. The van der Waals surface area contributed by atoms with Crippen molar-refractivity contribution in [1.82, 2.24) is 4.98 Å². The van der Waals surface area contributed by atoms with E-state index in [1.54, 1.807) is 0 Å². The largest absolute Gasteiger partial charge is 0.508 e. The number of hydrogen-bond acceptors (Lipinski definition) is 3. The van der Waals surface area contributed by atoms with Gasteiger partial charge in [-0.05, 0) is 6.07 Å². The van der Waals surface area contributed by atoms with Crippen LogP contribution in [0.25, 0.3) is 0 Å². The van der Waals surface area contributed by atoms with E-state index in [0.717, 1.165) is 6.07 Å². The molecule has 0 aromatic carbocycles. The van der Waals surface area contributed by atoms with E-state index in [1.807, 2.05) is 0 Å². The summed E-state index contributed by atoms with van der Waals surface area (Å²) in [6.07, 6.45) is 1.39. The maximum absolute atomic E-state index is 10.3. The first-order chi connectivity index (χ1) is 5.20. The van der Waals surface area contributed by atoms with Crippen LogP contribution in [0.4, 0.5) is 0 Å². The molecule has 3 N–H and O–H groups in total. The third-order valence-electron chi connectivity index (χ3n) is 0.759. The van der Waals surface area contributed by atoms with Crippen molar-refractivity contribution < 1.29 is 15.0 Å². The van der Waals surface area contributed by atoms with Gasteiger partial charge in [0.2, 0.25) is 0 Å². The molecule has 0 aliphatic heterocycles. The van der Waals surface area contributed by atoms with Crippen molar-refractivity contribution in [3.63, 3.8) is 0 Å². The Bertz CT molecular complexity index is 267. The molecule has 0 aliphatic carbocycles. The minimum atomic E-state index is -0.287. The lowest BCUT2D eigenvalue weighted by molar-refractivity contribution is -0.122.